The third-order valence-corrected chi connectivity index (χ3v) is 4.35. The van der Waals surface area contributed by atoms with Gasteiger partial charge in [0, 0.05) is 0 Å². The summed E-state index contributed by atoms with van der Waals surface area (Å²) in [6.07, 6.45) is 8.99. The second kappa shape index (κ2) is 17.8. The molecule has 0 unspecified atom stereocenters. The molecule has 0 bridgehead atoms. The molecule has 0 fully saturated rings. The van der Waals surface area contributed by atoms with E-state index in [0.29, 0.717) is 26.2 Å². The van der Waals surface area contributed by atoms with Gasteiger partial charge in [-0.25, -0.2) is 39.1 Å². The zero-order chi connectivity index (χ0) is 23.3. The minimum Gasteiger partial charge on any atom is -0.211 e. The third-order valence-electron chi connectivity index (χ3n) is 4.35. The van der Waals surface area contributed by atoms with Gasteiger partial charge in [0.15, 0.2) is 0 Å². The van der Waals surface area contributed by atoms with E-state index in [-0.39, 0.29) is 0 Å². The molecule has 164 valence electrons. The van der Waals surface area contributed by atoms with Crippen molar-refractivity contribution in [1.82, 2.24) is 0 Å². The van der Waals surface area contributed by atoms with Crippen molar-refractivity contribution in [2.75, 3.05) is 26.2 Å². The smallest absolute Gasteiger partial charge is 0.211 e. The van der Waals surface area contributed by atoms with Crippen molar-refractivity contribution in [3.05, 3.63) is 70.8 Å². The summed E-state index contributed by atoms with van der Waals surface area (Å²) in [5.74, 6) is 0. The first-order valence-electron chi connectivity index (χ1n) is 10.0. The molecule has 0 heterocycles. The van der Waals surface area contributed by atoms with Crippen LogP contribution in [0.4, 0.5) is 0 Å². The van der Waals surface area contributed by atoms with Crippen LogP contribution in [0.3, 0.4) is 0 Å². The van der Waals surface area contributed by atoms with Gasteiger partial charge in [-0.2, -0.15) is 0 Å². The maximum atomic E-state index is 9.86. The van der Waals surface area contributed by atoms with Gasteiger partial charge in [0.2, 0.25) is 24.3 Å². The molecule has 0 N–H and O–H groups in total. The summed E-state index contributed by atoms with van der Waals surface area (Å²) in [6.45, 7) is 1.88. The molecule has 32 heavy (non-hydrogen) atoms. The maximum absolute atomic E-state index is 9.86. The summed E-state index contributed by atoms with van der Waals surface area (Å²) < 4.78 is 0. The van der Waals surface area contributed by atoms with Crippen LogP contribution >= 0.6 is 0 Å². The van der Waals surface area contributed by atoms with Crippen LogP contribution in [0.1, 0.15) is 22.3 Å². The molecular formula is C24H24N4O4. The fourth-order valence-corrected chi connectivity index (χ4v) is 2.67. The topological polar surface area (TPSA) is 118 Å². The molecule has 0 saturated carbocycles. The lowest BCUT2D eigenvalue weighted by atomic mass is 10.1. The number of carbonyl (C=O) groups excluding carboxylic acids is 4. The van der Waals surface area contributed by atoms with Crippen LogP contribution in [-0.2, 0) is 44.9 Å². The Labute approximate surface area is 186 Å². The first-order chi connectivity index (χ1) is 15.7. The highest BCUT2D eigenvalue weighted by Gasteiger charge is 1.95. The van der Waals surface area contributed by atoms with E-state index in [1.54, 1.807) is 0 Å². The van der Waals surface area contributed by atoms with Crippen molar-refractivity contribution >= 4 is 24.3 Å². The minimum absolute atomic E-state index is 0.471. The van der Waals surface area contributed by atoms with E-state index in [1.807, 2.05) is 48.5 Å². The molecule has 0 aromatic heterocycles. The first-order valence-corrected chi connectivity index (χ1v) is 10.0. The van der Waals surface area contributed by atoms with Crippen LogP contribution in [-0.4, -0.2) is 50.5 Å². The fourth-order valence-electron chi connectivity index (χ4n) is 2.67. The van der Waals surface area contributed by atoms with Gasteiger partial charge >= 0.3 is 0 Å². The number of hydrogen-bond acceptors (Lipinski definition) is 8. The average Bonchev–Trinajstić information content (AvgIpc) is 2.82. The van der Waals surface area contributed by atoms with E-state index in [2.05, 4.69) is 20.0 Å². The molecule has 2 aromatic rings. The van der Waals surface area contributed by atoms with Crippen LogP contribution in [0.15, 0.2) is 68.5 Å². The second-order valence-corrected chi connectivity index (χ2v) is 6.53. The van der Waals surface area contributed by atoms with Crippen LogP contribution in [0.25, 0.3) is 0 Å². The lowest BCUT2D eigenvalue weighted by molar-refractivity contribution is 0.562. The highest BCUT2D eigenvalue weighted by Crippen LogP contribution is 2.07. The maximum Gasteiger partial charge on any atom is 0.234 e. The summed E-state index contributed by atoms with van der Waals surface area (Å²) in [6, 6.07) is 15.9. The predicted octanol–water partition coefficient (Wildman–Crippen LogP) is 2.89. The Balaban J connectivity index is 0.000000320. The number of hydrogen-bond donors (Lipinski definition) is 0. The van der Waals surface area contributed by atoms with Crippen molar-refractivity contribution in [3.8, 4) is 0 Å². The van der Waals surface area contributed by atoms with E-state index in [0.717, 1.165) is 47.9 Å². The number of nitrogens with zero attached hydrogens (tertiary/aromatic N) is 4. The standard InChI is InChI=1S/2C12H12N2O2/c2*15-9-13-7-5-11-1-2-12(4-3-11)6-8-14-10-16/h2*1-4H,5-8H2. The van der Waals surface area contributed by atoms with Crippen LogP contribution in [0.2, 0.25) is 0 Å². The highest BCUT2D eigenvalue weighted by molar-refractivity contribution is 5.34. The Morgan fingerprint density at radius 1 is 0.406 bits per heavy atom. The molecule has 0 aliphatic carbocycles. The molecule has 2 rings (SSSR count). The molecule has 0 aliphatic rings. The quantitative estimate of drug-likeness (QED) is 0.378. The molecule has 0 atom stereocenters. The van der Waals surface area contributed by atoms with Crippen molar-refractivity contribution in [1.29, 1.82) is 0 Å². The predicted molar refractivity (Wildman–Crippen MR) is 120 cm³/mol. The number of benzene rings is 2. The van der Waals surface area contributed by atoms with Gasteiger partial charge in [-0.15, -0.1) is 0 Å². The van der Waals surface area contributed by atoms with E-state index < -0.39 is 0 Å². The normalized spacial score (nSPS) is 9.00. The summed E-state index contributed by atoms with van der Waals surface area (Å²) in [5.41, 5.74) is 4.51. The zero-order valence-electron chi connectivity index (χ0n) is 17.7. The molecule has 0 aliphatic heterocycles. The average molecular weight is 432 g/mol. The number of isocyanates is 4. The molecule has 2 aromatic carbocycles. The monoisotopic (exact) mass is 432 g/mol. The van der Waals surface area contributed by atoms with E-state index in [9.17, 15) is 19.2 Å². The van der Waals surface area contributed by atoms with Crippen LogP contribution in [0, 0.1) is 0 Å². The van der Waals surface area contributed by atoms with Gasteiger partial charge in [-0.05, 0) is 47.9 Å². The zero-order valence-corrected chi connectivity index (χ0v) is 17.7. The van der Waals surface area contributed by atoms with Gasteiger partial charge in [-0.3, -0.25) is 0 Å². The summed E-state index contributed by atoms with van der Waals surface area (Å²) >= 11 is 0. The molecule has 8 heteroatoms. The Morgan fingerprint density at radius 3 is 0.750 bits per heavy atom. The minimum atomic E-state index is 0.471. The summed E-state index contributed by atoms with van der Waals surface area (Å²) in [7, 11) is 0. The lowest BCUT2D eigenvalue weighted by Gasteiger charge is -2.00. The number of rotatable bonds is 12. The van der Waals surface area contributed by atoms with E-state index in [4.69, 9.17) is 0 Å². The lowest BCUT2D eigenvalue weighted by Crippen LogP contribution is -1.92. The van der Waals surface area contributed by atoms with Gasteiger partial charge in [0.25, 0.3) is 0 Å². The molecule has 0 saturated heterocycles. The highest BCUT2D eigenvalue weighted by atomic mass is 16.1. The van der Waals surface area contributed by atoms with Crippen molar-refractivity contribution < 1.29 is 19.2 Å². The Kier molecular flexibility index (Phi) is 14.5. The van der Waals surface area contributed by atoms with Crippen molar-refractivity contribution in [3.63, 3.8) is 0 Å². The van der Waals surface area contributed by atoms with Gasteiger partial charge in [-0.1, -0.05) is 48.5 Å². The van der Waals surface area contributed by atoms with Crippen LogP contribution < -0.4 is 0 Å². The summed E-state index contributed by atoms with van der Waals surface area (Å²) in [4.78, 5) is 53.4. The van der Waals surface area contributed by atoms with Gasteiger partial charge in [0.1, 0.15) is 0 Å². The third kappa shape index (κ3) is 12.5. The molecule has 8 nitrogen and oxygen atoms in total. The Morgan fingerprint density at radius 2 is 0.594 bits per heavy atom. The van der Waals surface area contributed by atoms with Crippen molar-refractivity contribution in [2.24, 2.45) is 20.0 Å². The van der Waals surface area contributed by atoms with E-state index in [1.165, 1.54) is 24.3 Å². The first kappa shape index (κ1) is 26.0. The van der Waals surface area contributed by atoms with E-state index >= 15 is 0 Å². The largest absolute Gasteiger partial charge is 0.234 e. The molecule has 0 radical (unpaired) electrons. The van der Waals surface area contributed by atoms with Gasteiger partial charge < -0.3 is 0 Å². The molecule has 0 spiro atoms. The molecular weight excluding hydrogens is 408 g/mol. The number of aliphatic imine (C=N–C) groups is 4. The second-order valence-electron chi connectivity index (χ2n) is 6.53. The van der Waals surface area contributed by atoms with Crippen molar-refractivity contribution in [2.45, 2.75) is 25.7 Å². The summed E-state index contributed by atoms with van der Waals surface area (Å²) in [5, 5.41) is 0. The Bertz CT molecular complexity index is 828. The van der Waals surface area contributed by atoms with Gasteiger partial charge in [0.05, 0.1) is 26.2 Å². The molecule has 0 amide bonds. The van der Waals surface area contributed by atoms with Crippen LogP contribution in [0.5, 0.6) is 0 Å². The Hall–Kier alpha value is -4.04. The fraction of sp³-hybridized carbons (Fsp3) is 0.333. The SMILES string of the molecule is O=C=NCCc1ccc(CCN=C=O)cc1.O=C=NCCc1ccc(CCN=C=O)cc1.